The van der Waals surface area contributed by atoms with Gasteiger partial charge in [-0.2, -0.15) is 5.26 Å². The number of carbonyl (C=O) groups excluding carboxylic acids is 3. The molecule has 2 rings (SSSR count). The van der Waals surface area contributed by atoms with Gasteiger partial charge in [-0.25, -0.2) is 0 Å². The Kier molecular flexibility index (Phi) is 10.1. The maximum Gasteiger partial charge on any atom is 0.257 e. The first-order valence-corrected chi connectivity index (χ1v) is 11.7. The number of hydrogen-bond donors (Lipinski definition) is 3. The fraction of sp³-hybridized carbons (Fsp3) is 0.545. The summed E-state index contributed by atoms with van der Waals surface area (Å²) in [6, 6.07) is 9.27. The van der Waals surface area contributed by atoms with Crippen LogP contribution in [0.5, 0.6) is 5.75 Å². The minimum Gasteiger partial charge on any atom is -0.484 e. The van der Waals surface area contributed by atoms with Crippen molar-refractivity contribution < 1.29 is 19.1 Å². The van der Waals surface area contributed by atoms with Crippen LogP contribution in [0, 0.1) is 17.2 Å². The molecule has 1 aromatic carbocycles. The van der Waals surface area contributed by atoms with Crippen LogP contribution < -0.4 is 20.7 Å². The van der Waals surface area contributed by atoms with E-state index in [2.05, 4.69) is 22.0 Å². The van der Waals surface area contributed by atoms with Gasteiger partial charge in [0.15, 0.2) is 6.61 Å². The minimum atomic E-state index is -0.792. The van der Waals surface area contributed by atoms with E-state index in [1.807, 2.05) is 26.0 Å². The summed E-state index contributed by atoms with van der Waals surface area (Å²) >= 11 is 1.47. The molecule has 1 aromatic rings. The first-order valence-electron chi connectivity index (χ1n) is 10.8. The highest BCUT2D eigenvalue weighted by Gasteiger charge is 2.41. The predicted octanol–water partition coefficient (Wildman–Crippen LogP) is 1.57. The van der Waals surface area contributed by atoms with Crippen molar-refractivity contribution in [2.24, 2.45) is 5.92 Å². The molecule has 0 aliphatic carbocycles. The number of anilines is 1. The summed E-state index contributed by atoms with van der Waals surface area (Å²) in [7, 11) is 0. The third-order valence-corrected chi connectivity index (χ3v) is 6.36. The van der Waals surface area contributed by atoms with Crippen molar-refractivity contribution in [2.75, 3.05) is 38.1 Å². The molecule has 3 N–H and O–H groups in total. The third-order valence-electron chi connectivity index (χ3n) is 4.90. The van der Waals surface area contributed by atoms with Crippen molar-refractivity contribution >= 4 is 35.2 Å². The monoisotopic (exact) mass is 461 g/mol. The van der Waals surface area contributed by atoms with Crippen LogP contribution in [0.25, 0.3) is 0 Å². The van der Waals surface area contributed by atoms with E-state index in [0.29, 0.717) is 38.3 Å². The van der Waals surface area contributed by atoms with Gasteiger partial charge in [-0.15, -0.1) is 11.8 Å². The number of rotatable bonds is 12. The van der Waals surface area contributed by atoms with Gasteiger partial charge in [-0.1, -0.05) is 6.07 Å². The molecule has 9 nitrogen and oxygen atoms in total. The summed E-state index contributed by atoms with van der Waals surface area (Å²) in [6.07, 6.45) is 0.298. The second kappa shape index (κ2) is 12.8. The van der Waals surface area contributed by atoms with Crippen molar-refractivity contribution in [1.29, 1.82) is 5.26 Å². The second-order valence-corrected chi connectivity index (χ2v) is 8.55. The molecular formula is C22H31N5O4S. The Labute approximate surface area is 193 Å². The van der Waals surface area contributed by atoms with Gasteiger partial charge in [0, 0.05) is 44.4 Å². The lowest BCUT2D eigenvalue weighted by Crippen LogP contribution is -2.38. The van der Waals surface area contributed by atoms with E-state index >= 15 is 0 Å². The summed E-state index contributed by atoms with van der Waals surface area (Å²) in [5.41, 5.74) is 0.774. The number of benzene rings is 1. The Morgan fingerprint density at radius 3 is 2.66 bits per heavy atom. The van der Waals surface area contributed by atoms with E-state index in [9.17, 15) is 19.6 Å². The number of amides is 3. The Balaban J connectivity index is 1.95. The SMILES string of the molecule is CCNC(=O)COc1cccc(NCC2SC(CC(C#N)C(=O)NCC)N(CC)C2=O)c1. The molecule has 10 heteroatoms. The van der Waals surface area contributed by atoms with E-state index in [0.717, 1.165) is 5.69 Å². The number of nitrogens with zero attached hydrogens (tertiary/aromatic N) is 2. The molecule has 1 saturated heterocycles. The van der Waals surface area contributed by atoms with Gasteiger partial charge < -0.3 is 25.6 Å². The van der Waals surface area contributed by atoms with Crippen molar-refractivity contribution in [3.63, 3.8) is 0 Å². The van der Waals surface area contributed by atoms with Crippen molar-refractivity contribution in [2.45, 2.75) is 37.8 Å². The lowest BCUT2D eigenvalue weighted by atomic mass is 10.1. The first-order chi connectivity index (χ1) is 15.4. The predicted molar refractivity (Wildman–Crippen MR) is 124 cm³/mol. The molecule has 3 atom stereocenters. The number of hydrogen-bond acceptors (Lipinski definition) is 7. The maximum absolute atomic E-state index is 12.9. The quantitative estimate of drug-likeness (QED) is 0.432. The van der Waals surface area contributed by atoms with Crippen LogP contribution in [0.3, 0.4) is 0 Å². The molecule has 0 spiro atoms. The lowest BCUT2D eigenvalue weighted by molar-refractivity contribution is -0.130. The number of nitrogens with one attached hydrogen (secondary N) is 3. The first kappa shape index (κ1) is 25.3. The number of likely N-dealkylation sites (N-methyl/N-ethyl adjacent to an activating group) is 1. The number of thioether (sulfide) groups is 1. The smallest absolute Gasteiger partial charge is 0.257 e. The zero-order valence-electron chi connectivity index (χ0n) is 18.7. The average Bonchev–Trinajstić information content (AvgIpc) is 3.09. The van der Waals surface area contributed by atoms with E-state index in [1.54, 1.807) is 24.0 Å². The second-order valence-electron chi connectivity index (χ2n) is 7.17. The molecule has 1 heterocycles. The topological polar surface area (TPSA) is 124 Å². The summed E-state index contributed by atoms with van der Waals surface area (Å²) in [5.74, 6) is -0.734. The molecule has 1 fully saturated rings. The van der Waals surface area contributed by atoms with Gasteiger partial charge >= 0.3 is 0 Å². The third kappa shape index (κ3) is 7.05. The molecular weight excluding hydrogens is 430 g/mol. The van der Waals surface area contributed by atoms with Crippen LogP contribution in [0.1, 0.15) is 27.2 Å². The molecule has 0 saturated carbocycles. The zero-order chi connectivity index (χ0) is 23.5. The maximum atomic E-state index is 12.9. The number of carbonyl (C=O) groups is 3. The van der Waals surface area contributed by atoms with E-state index in [4.69, 9.17) is 4.74 Å². The van der Waals surface area contributed by atoms with Gasteiger partial charge in [0.2, 0.25) is 11.8 Å². The molecule has 3 amide bonds. The van der Waals surface area contributed by atoms with Gasteiger partial charge in [0.05, 0.1) is 11.4 Å². The van der Waals surface area contributed by atoms with Gasteiger partial charge in [0.25, 0.3) is 5.91 Å². The highest BCUT2D eigenvalue weighted by atomic mass is 32.2. The number of ether oxygens (including phenoxy) is 1. The molecule has 32 heavy (non-hydrogen) atoms. The lowest BCUT2D eigenvalue weighted by Gasteiger charge is -2.23. The highest BCUT2D eigenvalue weighted by Crippen LogP contribution is 2.35. The largest absolute Gasteiger partial charge is 0.484 e. The van der Waals surface area contributed by atoms with Crippen LogP contribution in [0.4, 0.5) is 5.69 Å². The van der Waals surface area contributed by atoms with Gasteiger partial charge in [-0.05, 0) is 32.9 Å². The summed E-state index contributed by atoms with van der Waals surface area (Å²) in [5, 5.41) is 17.4. The fourth-order valence-corrected chi connectivity index (χ4v) is 4.86. The molecule has 1 aliphatic rings. The highest BCUT2D eigenvalue weighted by molar-refractivity contribution is 8.01. The molecule has 174 valence electrons. The van der Waals surface area contributed by atoms with Crippen molar-refractivity contribution in [1.82, 2.24) is 15.5 Å². The molecule has 0 aromatic heterocycles. The van der Waals surface area contributed by atoms with Crippen molar-refractivity contribution in [3.8, 4) is 11.8 Å². The summed E-state index contributed by atoms with van der Waals surface area (Å²) in [6.45, 7) is 7.40. The molecule has 1 aliphatic heterocycles. The molecule has 0 radical (unpaired) electrons. The normalized spacial score (nSPS) is 18.6. The Bertz CT molecular complexity index is 844. The Morgan fingerprint density at radius 2 is 2.00 bits per heavy atom. The average molecular weight is 462 g/mol. The Morgan fingerprint density at radius 1 is 1.25 bits per heavy atom. The summed E-state index contributed by atoms with van der Waals surface area (Å²) in [4.78, 5) is 38.2. The summed E-state index contributed by atoms with van der Waals surface area (Å²) < 4.78 is 5.50. The van der Waals surface area contributed by atoms with E-state index in [-0.39, 0.29) is 35.0 Å². The number of nitriles is 1. The standard InChI is InChI=1S/C22H31N5O4S/c1-4-24-19(28)14-31-17-9-7-8-16(11-17)26-13-18-22(30)27(6-3)20(32-18)10-15(12-23)21(29)25-5-2/h7-9,11,15,18,20,26H,4-6,10,13-14H2,1-3H3,(H,24,28)(H,25,29). The molecule has 0 bridgehead atoms. The van der Waals surface area contributed by atoms with Gasteiger partial charge in [-0.3, -0.25) is 14.4 Å². The van der Waals surface area contributed by atoms with E-state index < -0.39 is 5.92 Å². The van der Waals surface area contributed by atoms with Crippen LogP contribution in [0.2, 0.25) is 0 Å². The Hall–Kier alpha value is -2.93. The van der Waals surface area contributed by atoms with Crippen LogP contribution in [0.15, 0.2) is 24.3 Å². The minimum absolute atomic E-state index is 0.00812. The fourth-order valence-electron chi connectivity index (χ4n) is 3.35. The van der Waals surface area contributed by atoms with Crippen LogP contribution in [-0.2, 0) is 14.4 Å². The van der Waals surface area contributed by atoms with Gasteiger partial charge in [0.1, 0.15) is 16.9 Å². The molecule has 3 unspecified atom stereocenters. The van der Waals surface area contributed by atoms with E-state index in [1.165, 1.54) is 11.8 Å². The zero-order valence-corrected chi connectivity index (χ0v) is 19.5. The van der Waals surface area contributed by atoms with Crippen molar-refractivity contribution in [3.05, 3.63) is 24.3 Å². The van der Waals surface area contributed by atoms with Crippen LogP contribution >= 0.6 is 11.8 Å². The van der Waals surface area contributed by atoms with Crippen LogP contribution in [-0.4, -0.2) is 66.0 Å².